The van der Waals surface area contributed by atoms with E-state index in [-0.39, 0.29) is 31.6 Å². The zero-order valence-corrected chi connectivity index (χ0v) is 20.2. The first-order valence-corrected chi connectivity index (χ1v) is 11.2. The number of hydrogen-bond acceptors (Lipinski definition) is 8. The number of primary amides is 2. The maximum Gasteiger partial charge on any atom is 0.326 e. The molecule has 0 aliphatic carbocycles. The summed E-state index contributed by atoms with van der Waals surface area (Å²) in [6.07, 6.45) is 2.06. The highest BCUT2D eigenvalue weighted by molar-refractivity contribution is 5.95. The Kier molecular flexibility index (Phi) is 12.0. The van der Waals surface area contributed by atoms with Crippen molar-refractivity contribution < 1.29 is 33.9 Å². The lowest BCUT2D eigenvalue weighted by Gasteiger charge is -2.26. The maximum atomic E-state index is 13.0. The van der Waals surface area contributed by atoms with Crippen LogP contribution in [0.4, 0.5) is 0 Å². The second-order valence-corrected chi connectivity index (χ2v) is 8.71. The second-order valence-electron chi connectivity index (χ2n) is 8.71. The molecule has 0 bridgehead atoms. The van der Waals surface area contributed by atoms with Crippen molar-refractivity contribution in [2.75, 3.05) is 0 Å². The summed E-state index contributed by atoms with van der Waals surface area (Å²) in [7, 11) is 0. The van der Waals surface area contributed by atoms with Crippen LogP contribution in [0.25, 0.3) is 0 Å². The van der Waals surface area contributed by atoms with Crippen molar-refractivity contribution >= 4 is 35.5 Å². The summed E-state index contributed by atoms with van der Waals surface area (Å²) < 4.78 is 0. The number of nitrogens with zero attached hydrogens (tertiary/aromatic N) is 1. The molecule has 0 radical (unpaired) electrons. The van der Waals surface area contributed by atoms with E-state index in [9.17, 15) is 33.9 Å². The first kappa shape index (κ1) is 30.0. The minimum atomic E-state index is -1.59. The number of nitrogens with one attached hydrogen (secondary N) is 4. The van der Waals surface area contributed by atoms with Gasteiger partial charge in [0, 0.05) is 24.7 Å². The predicted octanol–water partition coefficient (Wildman–Crippen LogP) is -2.99. The van der Waals surface area contributed by atoms with Crippen molar-refractivity contribution in [2.24, 2.45) is 23.1 Å². The third kappa shape index (κ3) is 10.9. The molecule has 0 saturated carbocycles. The highest BCUT2D eigenvalue weighted by atomic mass is 16.4. The van der Waals surface area contributed by atoms with Crippen molar-refractivity contribution in [1.29, 1.82) is 0 Å². The molecule has 1 rings (SSSR count). The van der Waals surface area contributed by atoms with Gasteiger partial charge in [-0.25, -0.2) is 9.78 Å². The van der Waals surface area contributed by atoms with E-state index >= 15 is 0 Å². The lowest BCUT2D eigenvalue weighted by molar-refractivity contribution is -0.143. The van der Waals surface area contributed by atoms with Crippen LogP contribution in [0.2, 0.25) is 0 Å². The standard InChI is InChI=1S/C21H34N8O7/c1-10(2)5-14(20(34)29-15(21(35)36)7-17(24)31)28-19(33)13(3-4-16(23)30)27-18(32)12(22)6-11-8-25-9-26-11/h8-10,12-15H,3-7,22H2,1-2H3,(H2,23,30)(H2,24,31)(H,25,26)(H,27,32)(H,28,33)(H,29,34)(H,35,36). The fourth-order valence-corrected chi connectivity index (χ4v) is 3.21. The third-order valence-corrected chi connectivity index (χ3v) is 5.00. The third-order valence-electron chi connectivity index (χ3n) is 5.00. The Bertz CT molecular complexity index is 935. The normalized spacial score (nSPS) is 14.2. The summed E-state index contributed by atoms with van der Waals surface area (Å²) in [6, 6.07) is -5.11. The van der Waals surface area contributed by atoms with Gasteiger partial charge in [-0.05, 0) is 18.8 Å². The molecule has 5 amide bonds. The first-order valence-electron chi connectivity index (χ1n) is 11.2. The highest BCUT2D eigenvalue weighted by Gasteiger charge is 2.31. The first-order chi connectivity index (χ1) is 16.8. The van der Waals surface area contributed by atoms with Gasteiger partial charge in [0.05, 0.1) is 18.8 Å². The van der Waals surface area contributed by atoms with E-state index in [2.05, 4.69) is 25.9 Å². The van der Waals surface area contributed by atoms with Gasteiger partial charge in [0.2, 0.25) is 29.5 Å². The van der Waals surface area contributed by atoms with E-state index in [0.717, 1.165) is 0 Å². The van der Waals surface area contributed by atoms with Crippen LogP contribution < -0.4 is 33.2 Å². The van der Waals surface area contributed by atoms with Crippen molar-refractivity contribution in [3.8, 4) is 0 Å². The molecule has 15 nitrogen and oxygen atoms in total. The average Bonchev–Trinajstić information content (AvgIpc) is 3.27. The van der Waals surface area contributed by atoms with E-state index in [0.29, 0.717) is 5.69 Å². The number of H-pyrrole nitrogens is 1. The smallest absolute Gasteiger partial charge is 0.326 e. The summed E-state index contributed by atoms with van der Waals surface area (Å²) in [5.41, 5.74) is 16.7. The van der Waals surface area contributed by atoms with Crippen LogP contribution in [0.5, 0.6) is 0 Å². The van der Waals surface area contributed by atoms with E-state index in [1.165, 1.54) is 12.5 Å². The molecular weight excluding hydrogens is 476 g/mol. The zero-order chi connectivity index (χ0) is 27.4. The van der Waals surface area contributed by atoms with E-state index in [1.54, 1.807) is 13.8 Å². The summed E-state index contributed by atoms with van der Waals surface area (Å²) in [6.45, 7) is 3.54. The Morgan fingerprint density at radius 3 is 2.03 bits per heavy atom. The number of rotatable bonds is 16. The molecule has 0 aromatic carbocycles. The Morgan fingerprint density at radius 2 is 1.53 bits per heavy atom. The number of amides is 5. The van der Waals surface area contributed by atoms with Gasteiger partial charge in [0.1, 0.15) is 18.1 Å². The lowest BCUT2D eigenvalue weighted by atomic mass is 10.0. The number of aromatic nitrogens is 2. The average molecular weight is 511 g/mol. The molecule has 36 heavy (non-hydrogen) atoms. The minimum absolute atomic E-state index is 0.102. The van der Waals surface area contributed by atoms with Crippen molar-refractivity contribution in [3.63, 3.8) is 0 Å². The maximum absolute atomic E-state index is 13.0. The van der Waals surface area contributed by atoms with Crippen LogP contribution in [0.3, 0.4) is 0 Å². The summed E-state index contributed by atoms with van der Waals surface area (Å²) >= 11 is 0. The lowest BCUT2D eigenvalue weighted by Crippen LogP contribution is -2.57. The number of aliphatic carboxylic acids is 1. The number of nitrogens with two attached hydrogens (primary N) is 3. The quantitative estimate of drug-likeness (QED) is 0.112. The fourth-order valence-electron chi connectivity index (χ4n) is 3.21. The molecule has 0 fully saturated rings. The zero-order valence-electron chi connectivity index (χ0n) is 20.2. The number of aromatic amines is 1. The number of carboxylic acid groups (broad SMARTS) is 1. The van der Waals surface area contributed by atoms with Crippen LogP contribution in [-0.4, -0.2) is 74.7 Å². The van der Waals surface area contributed by atoms with E-state index < -0.39 is 66.1 Å². The highest BCUT2D eigenvalue weighted by Crippen LogP contribution is 2.08. The van der Waals surface area contributed by atoms with Gasteiger partial charge < -0.3 is 43.2 Å². The van der Waals surface area contributed by atoms with Crippen molar-refractivity contribution in [1.82, 2.24) is 25.9 Å². The number of carboxylic acids is 1. The molecule has 15 heteroatoms. The fraction of sp³-hybridized carbons (Fsp3) is 0.571. The molecule has 1 heterocycles. The second kappa shape index (κ2) is 14.4. The topological polar surface area (TPSA) is 265 Å². The molecule has 1 aromatic rings. The van der Waals surface area contributed by atoms with E-state index in [4.69, 9.17) is 17.2 Å². The van der Waals surface area contributed by atoms with Gasteiger partial charge in [-0.1, -0.05) is 13.8 Å². The van der Waals surface area contributed by atoms with Gasteiger partial charge in [-0.3, -0.25) is 24.0 Å². The van der Waals surface area contributed by atoms with Gasteiger partial charge in [0.25, 0.3) is 0 Å². The SMILES string of the molecule is CC(C)CC(NC(=O)C(CCC(N)=O)NC(=O)C(N)Cc1cnc[nH]1)C(=O)NC(CC(N)=O)C(=O)O. The van der Waals surface area contributed by atoms with Crippen LogP contribution in [-0.2, 0) is 35.2 Å². The molecule has 4 unspecified atom stereocenters. The van der Waals surface area contributed by atoms with Gasteiger partial charge in [0.15, 0.2) is 0 Å². The van der Waals surface area contributed by atoms with Gasteiger partial charge in [-0.15, -0.1) is 0 Å². The van der Waals surface area contributed by atoms with Crippen molar-refractivity contribution in [2.45, 2.75) is 70.1 Å². The van der Waals surface area contributed by atoms with Crippen LogP contribution in [0.1, 0.15) is 45.2 Å². The Morgan fingerprint density at radius 1 is 0.944 bits per heavy atom. The Labute approximate surface area is 207 Å². The van der Waals surface area contributed by atoms with Crippen LogP contribution in [0.15, 0.2) is 12.5 Å². The van der Waals surface area contributed by atoms with Gasteiger partial charge in [-0.2, -0.15) is 0 Å². The molecule has 0 aliphatic rings. The molecule has 4 atom stereocenters. The number of carbonyl (C=O) groups excluding carboxylic acids is 5. The number of hydrogen-bond donors (Lipinski definition) is 8. The van der Waals surface area contributed by atoms with Gasteiger partial charge >= 0.3 is 5.97 Å². The molecule has 11 N–H and O–H groups in total. The number of imidazole rings is 1. The van der Waals surface area contributed by atoms with Crippen molar-refractivity contribution in [3.05, 3.63) is 18.2 Å². The number of carbonyl (C=O) groups is 6. The summed E-state index contributed by atoms with van der Waals surface area (Å²) in [5.74, 6) is -5.59. The van der Waals surface area contributed by atoms with Crippen LogP contribution in [0, 0.1) is 5.92 Å². The molecule has 0 aliphatic heterocycles. The Balaban J connectivity index is 2.99. The largest absolute Gasteiger partial charge is 0.480 e. The molecule has 0 saturated heterocycles. The molecule has 0 spiro atoms. The monoisotopic (exact) mass is 510 g/mol. The minimum Gasteiger partial charge on any atom is -0.480 e. The summed E-state index contributed by atoms with van der Waals surface area (Å²) in [5, 5.41) is 16.4. The molecule has 1 aromatic heterocycles. The molecule has 200 valence electrons. The predicted molar refractivity (Wildman–Crippen MR) is 125 cm³/mol. The summed E-state index contributed by atoms with van der Waals surface area (Å²) in [4.78, 5) is 78.8. The molecular formula is C21H34N8O7. The van der Waals surface area contributed by atoms with Crippen LogP contribution >= 0.6 is 0 Å². The Hall–Kier alpha value is -4.01. The van der Waals surface area contributed by atoms with E-state index in [1.807, 2.05) is 0 Å².